The summed E-state index contributed by atoms with van der Waals surface area (Å²) in [5.74, 6) is 0.559. The van der Waals surface area contributed by atoms with E-state index in [9.17, 15) is 4.39 Å². The van der Waals surface area contributed by atoms with Crippen LogP contribution in [0.1, 0.15) is 42.0 Å². The molecule has 0 radical (unpaired) electrons. The van der Waals surface area contributed by atoms with Crippen molar-refractivity contribution in [1.29, 1.82) is 0 Å². The quantitative estimate of drug-likeness (QED) is 0.506. The topological polar surface area (TPSA) is 54.9 Å². The zero-order valence-corrected chi connectivity index (χ0v) is 17.9. The van der Waals surface area contributed by atoms with Gasteiger partial charge in [0.2, 0.25) is 0 Å². The Morgan fingerprint density at radius 1 is 1.10 bits per heavy atom. The van der Waals surface area contributed by atoms with Gasteiger partial charge in [0.15, 0.2) is 5.96 Å². The van der Waals surface area contributed by atoms with E-state index < -0.39 is 0 Å². The van der Waals surface area contributed by atoms with Crippen molar-refractivity contribution in [3.8, 4) is 0 Å². The number of hydrogen-bond donors (Lipinski definition) is 2. The smallest absolute Gasteiger partial charge is 0.191 e. The number of guanidine groups is 1. The maximum absolute atomic E-state index is 13.4. The maximum Gasteiger partial charge on any atom is 0.191 e. The van der Waals surface area contributed by atoms with Crippen LogP contribution in [0, 0.1) is 12.7 Å². The first-order valence-corrected chi connectivity index (χ1v) is 10.7. The van der Waals surface area contributed by atoms with Crippen LogP contribution < -0.4 is 10.6 Å². The Balaban J connectivity index is 1.54. The van der Waals surface area contributed by atoms with Crippen LogP contribution in [0.3, 0.4) is 0 Å². The average Bonchev–Trinajstić information content (AvgIpc) is 2.77. The zero-order valence-electron chi connectivity index (χ0n) is 17.9. The number of ether oxygens (including phenoxy) is 2. The number of rotatable bonds is 8. The second-order valence-corrected chi connectivity index (χ2v) is 7.57. The molecule has 1 fully saturated rings. The molecule has 0 aromatic heterocycles. The van der Waals surface area contributed by atoms with Crippen molar-refractivity contribution in [2.45, 2.75) is 52.5 Å². The van der Waals surface area contributed by atoms with E-state index in [2.05, 4.69) is 34.9 Å². The van der Waals surface area contributed by atoms with Gasteiger partial charge in [0, 0.05) is 26.3 Å². The Labute approximate surface area is 178 Å². The molecule has 3 rings (SSSR count). The second kappa shape index (κ2) is 11.7. The molecule has 0 bridgehead atoms. The summed E-state index contributed by atoms with van der Waals surface area (Å²) < 4.78 is 24.9. The van der Waals surface area contributed by atoms with Crippen molar-refractivity contribution in [3.63, 3.8) is 0 Å². The molecular weight excluding hydrogens is 381 g/mol. The predicted molar refractivity (Wildman–Crippen MR) is 118 cm³/mol. The molecule has 1 heterocycles. The normalized spacial score (nSPS) is 15.2. The molecule has 0 atom stereocenters. The third-order valence-corrected chi connectivity index (χ3v) is 5.09. The van der Waals surface area contributed by atoms with Crippen LogP contribution >= 0.6 is 0 Å². The Hall–Kier alpha value is -2.44. The third-order valence-electron chi connectivity index (χ3n) is 5.09. The predicted octanol–water partition coefficient (Wildman–Crippen LogP) is 4.09. The molecule has 0 aliphatic carbocycles. The van der Waals surface area contributed by atoms with Gasteiger partial charge in [0.1, 0.15) is 5.82 Å². The molecule has 0 saturated carbocycles. The van der Waals surface area contributed by atoms with E-state index in [0.717, 1.165) is 55.3 Å². The van der Waals surface area contributed by atoms with E-state index >= 15 is 0 Å². The van der Waals surface area contributed by atoms with Crippen molar-refractivity contribution >= 4 is 5.96 Å². The third kappa shape index (κ3) is 7.11. The van der Waals surface area contributed by atoms with Gasteiger partial charge in [-0.1, -0.05) is 36.4 Å². The summed E-state index contributed by atoms with van der Waals surface area (Å²) in [6, 6.07) is 13.5. The van der Waals surface area contributed by atoms with E-state index in [1.165, 1.54) is 6.07 Å². The molecule has 6 heteroatoms. The van der Waals surface area contributed by atoms with Gasteiger partial charge in [-0.2, -0.15) is 0 Å². The van der Waals surface area contributed by atoms with Crippen molar-refractivity contribution in [1.82, 2.24) is 10.6 Å². The molecule has 0 spiro atoms. The molecule has 1 aliphatic heterocycles. The molecule has 2 aromatic carbocycles. The minimum atomic E-state index is -0.181. The number of nitrogens with one attached hydrogen (secondary N) is 2. The highest BCUT2D eigenvalue weighted by molar-refractivity contribution is 5.79. The fourth-order valence-corrected chi connectivity index (χ4v) is 3.39. The van der Waals surface area contributed by atoms with Crippen LogP contribution in [0.15, 0.2) is 47.5 Å². The van der Waals surface area contributed by atoms with E-state index in [1.54, 1.807) is 13.0 Å². The first kappa shape index (κ1) is 22.2. The summed E-state index contributed by atoms with van der Waals surface area (Å²) in [5.41, 5.74) is 3.97. The lowest BCUT2D eigenvalue weighted by Crippen LogP contribution is -2.36. The van der Waals surface area contributed by atoms with Gasteiger partial charge in [-0.25, -0.2) is 9.38 Å². The van der Waals surface area contributed by atoms with E-state index in [4.69, 9.17) is 14.5 Å². The highest BCUT2D eigenvalue weighted by Gasteiger charge is 2.14. The number of benzene rings is 2. The van der Waals surface area contributed by atoms with E-state index in [0.29, 0.717) is 31.4 Å². The van der Waals surface area contributed by atoms with Crippen LogP contribution in [0.5, 0.6) is 0 Å². The Kier molecular flexibility index (Phi) is 8.66. The second-order valence-electron chi connectivity index (χ2n) is 7.57. The molecule has 2 N–H and O–H groups in total. The molecule has 2 aromatic rings. The monoisotopic (exact) mass is 413 g/mol. The summed E-state index contributed by atoms with van der Waals surface area (Å²) in [6.45, 7) is 7.94. The molecule has 0 unspecified atom stereocenters. The van der Waals surface area contributed by atoms with Crippen LogP contribution in [-0.2, 0) is 29.2 Å². The van der Waals surface area contributed by atoms with Gasteiger partial charge >= 0.3 is 0 Å². The largest absolute Gasteiger partial charge is 0.381 e. The Morgan fingerprint density at radius 2 is 1.90 bits per heavy atom. The highest BCUT2D eigenvalue weighted by Crippen LogP contribution is 2.15. The minimum Gasteiger partial charge on any atom is -0.381 e. The van der Waals surface area contributed by atoms with Crippen LogP contribution in [-0.4, -0.2) is 31.8 Å². The summed E-state index contributed by atoms with van der Waals surface area (Å²) >= 11 is 0. The highest BCUT2D eigenvalue weighted by atomic mass is 19.1. The van der Waals surface area contributed by atoms with E-state index in [-0.39, 0.29) is 5.82 Å². The van der Waals surface area contributed by atoms with Crippen LogP contribution in [0.25, 0.3) is 0 Å². The molecule has 0 amide bonds. The summed E-state index contributed by atoms with van der Waals surface area (Å²) in [5, 5.41) is 6.58. The average molecular weight is 414 g/mol. The van der Waals surface area contributed by atoms with Gasteiger partial charge < -0.3 is 20.1 Å². The fourth-order valence-electron chi connectivity index (χ4n) is 3.39. The number of nitrogens with zero attached hydrogens (tertiary/aromatic N) is 1. The van der Waals surface area contributed by atoms with Crippen molar-refractivity contribution < 1.29 is 13.9 Å². The van der Waals surface area contributed by atoms with Gasteiger partial charge in [-0.05, 0) is 55.0 Å². The molecule has 30 heavy (non-hydrogen) atoms. The SMILES string of the molecule is CCNC(=NCc1cccc(COC2CCOCC2)c1)NCc1ccc(F)c(C)c1. The first-order chi connectivity index (χ1) is 14.6. The van der Waals surface area contributed by atoms with Crippen molar-refractivity contribution in [3.05, 3.63) is 70.5 Å². The summed E-state index contributed by atoms with van der Waals surface area (Å²) in [4.78, 5) is 4.69. The lowest BCUT2D eigenvalue weighted by atomic mass is 10.1. The molecular formula is C24H32FN3O2. The van der Waals surface area contributed by atoms with Gasteiger partial charge in [-0.3, -0.25) is 0 Å². The zero-order chi connectivity index (χ0) is 21.2. The fraction of sp³-hybridized carbons (Fsp3) is 0.458. The molecule has 1 saturated heterocycles. The van der Waals surface area contributed by atoms with Crippen molar-refractivity contribution in [2.75, 3.05) is 19.8 Å². The number of hydrogen-bond acceptors (Lipinski definition) is 3. The molecule has 5 nitrogen and oxygen atoms in total. The minimum absolute atomic E-state index is 0.181. The van der Waals surface area contributed by atoms with E-state index in [1.807, 2.05) is 13.0 Å². The van der Waals surface area contributed by atoms with Gasteiger partial charge in [0.25, 0.3) is 0 Å². The van der Waals surface area contributed by atoms with Crippen LogP contribution in [0.4, 0.5) is 4.39 Å². The number of halogens is 1. The Bertz CT molecular complexity index is 835. The Morgan fingerprint density at radius 3 is 2.67 bits per heavy atom. The lowest BCUT2D eigenvalue weighted by Gasteiger charge is -2.22. The van der Waals surface area contributed by atoms with Gasteiger partial charge in [0.05, 0.1) is 19.3 Å². The first-order valence-electron chi connectivity index (χ1n) is 10.7. The standard InChI is InChI=1S/C24H32FN3O2/c1-3-26-24(28-16-20-7-8-23(25)18(2)13-20)27-15-19-5-4-6-21(14-19)17-30-22-9-11-29-12-10-22/h4-8,13-14,22H,3,9-12,15-17H2,1-2H3,(H2,26,27,28). The molecule has 162 valence electrons. The lowest BCUT2D eigenvalue weighted by molar-refractivity contribution is -0.0390. The summed E-state index contributed by atoms with van der Waals surface area (Å²) in [7, 11) is 0. The van der Waals surface area contributed by atoms with Crippen molar-refractivity contribution in [2.24, 2.45) is 4.99 Å². The number of aliphatic imine (C=N–C) groups is 1. The summed E-state index contributed by atoms with van der Waals surface area (Å²) in [6.07, 6.45) is 2.23. The van der Waals surface area contributed by atoms with Gasteiger partial charge in [-0.15, -0.1) is 0 Å². The maximum atomic E-state index is 13.4. The molecule has 1 aliphatic rings. The number of aryl methyl sites for hydroxylation is 1. The van der Waals surface area contributed by atoms with Crippen LogP contribution in [0.2, 0.25) is 0 Å².